The molecule has 0 unspecified atom stereocenters. The van der Waals surface area contributed by atoms with Crippen LogP contribution in [0.3, 0.4) is 0 Å². The molecule has 0 atom stereocenters. The highest BCUT2D eigenvalue weighted by molar-refractivity contribution is 7.71. The van der Waals surface area contributed by atoms with Crippen LogP contribution in [-0.4, -0.2) is 33.1 Å². The molecule has 0 aliphatic carbocycles. The van der Waals surface area contributed by atoms with Gasteiger partial charge in [-0.3, -0.25) is 4.90 Å². The van der Waals surface area contributed by atoms with Crippen molar-refractivity contribution in [1.29, 1.82) is 0 Å². The van der Waals surface area contributed by atoms with Crippen molar-refractivity contribution in [2.45, 2.75) is 39.4 Å². The van der Waals surface area contributed by atoms with Crippen LogP contribution in [0.15, 0.2) is 30.6 Å². The van der Waals surface area contributed by atoms with E-state index in [9.17, 15) is 0 Å². The van der Waals surface area contributed by atoms with Gasteiger partial charge >= 0.3 is 0 Å². The highest BCUT2D eigenvalue weighted by atomic mass is 32.1. The van der Waals surface area contributed by atoms with Gasteiger partial charge in [-0.15, -0.1) is 0 Å². The van der Waals surface area contributed by atoms with Gasteiger partial charge in [0.15, 0.2) is 4.77 Å². The van der Waals surface area contributed by atoms with Gasteiger partial charge in [-0.25, -0.2) is 4.98 Å². The average Bonchev–Trinajstić information content (AvgIpc) is 3.00. The van der Waals surface area contributed by atoms with Crippen molar-refractivity contribution in [2.24, 2.45) is 0 Å². The molecule has 0 radical (unpaired) electrons. The fraction of sp³-hybridized carbons (Fsp3) is 0.400. The molecular weight excluding hydrogens is 344 g/mol. The lowest BCUT2D eigenvalue weighted by Gasteiger charge is -2.28. The summed E-state index contributed by atoms with van der Waals surface area (Å²) in [6.45, 7) is 7.27. The summed E-state index contributed by atoms with van der Waals surface area (Å²) in [4.78, 5) is 9.95. The lowest BCUT2D eigenvalue weighted by molar-refractivity contribution is 0.243. The third-order valence-electron chi connectivity index (χ3n) is 5.13. The van der Waals surface area contributed by atoms with Crippen LogP contribution < -0.4 is 4.74 Å². The molecule has 6 heteroatoms. The number of hydrogen-bond acceptors (Lipinski definition) is 4. The van der Waals surface area contributed by atoms with Crippen molar-refractivity contribution in [2.75, 3.05) is 13.7 Å². The van der Waals surface area contributed by atoms with Crippen LogP contribution in [0.25, 0.3) is 10.9 Å². The molecule has 3 heterocycles. The number of fused-ring (bicyclic) bond motifs is 2. The molecule has 1 aromatic carbocycles. The van der Waals surface area contributed by atoms with E-state index in [0.717, 1.165) is 31.8 Å². The average molecular weight is 369 g/mol. The van der Waals surface area contributed by atoms with Gasteiger partial charge in [0.05, 0.1) is 7.11 Å². The minimum Gasteiger partial charge on any atom is -0.497 e. The molecule has 136 valence electrons. The summed E-state index contributed by atoms with van der Waals surface area (Å²) in [5.41, 5.74) is 5.08. The minimum atomic E-state index is 0.422. The number of aromatic amines is 1. The van der Waals surface area contributed by atoms with Gasteiger partial charge in [0, 0.05) is 66.7 Å². The van der Waals surface area contributed by atoms with Crippen LogP contribution in [-0.2, 0) is 19.5 Å². The Labute approximate surface area is 158 Å². The summed E-state index contributed by atoms with van der Waals surface area (Å²) in [5, 5.41) is 1.27. The number of hydrogen-bond donors (Lipinski definition) is 1. The molecule has 2 aromatic heterocycles. The second-order valence-corrected chi connectivity index (χ2v) is 7.58. The highest BCUT2D eigenvalue weighted by Gasteiger charge is 2.19. The number of methoxy groups -OCH3 is 1. The molecule has 4 rings (SSSR count). The smallest absolute Gasteiger partial charge is 0.196 e. The number of aromatic nitrogens is 3. The van der Waals surface area contributed by atoms with Gasteiger partial charge in [0.2, 0.25) is 0 Å². The first-order chi connectivity index (χ1) is 12.5. The molecule has 5 nitrogen and oxygen atoms in total. The second kappa shape index (κ2) is 6.85. The number of ether oxygens (including phenoxy) is 1. The van der Waals surface area contributed by atoms with E-state index in [2.05, 4.69) is 51.6 Å². The van der Waals surface area contributed by atoms with Crippen molar-refractivity contribution in [3.05, 3.63) is 52.2 Å². The van der Waals surface area contributed by atoms with Gasteiger partial charge < -0.3 is 14.3 Å². The number of benzene rings is 1. The molecule has 1 N–H and O–H groups in total. The van der Waals surface area contributed by atoms with Gasteiger partial charge in [-0.2, -0.15) is 0 Å². The third-order valence-corrected chi connectivity index (χ3v) is 5.34. The van der Waals surface area contributed by atoms with E-state index in [-0.39, 0.29) is 0 Å². The van der Waals surface area contributed by atoms with Crippen molar-refractivity contribution in [3.63, 3.8) is 0 Å². The maximum absolute atomic E-state index is 5.45. The van der Waals surface area contributed by atoms with Crippen molar-refractivity contribution in [3.8, 4) is 5.75 Å². The summed E-state index contributed by atoms with van der Waals surface area (Å²) >= 11 is 5.14. The Kier molecular flexibility index (Phi) is 4.54. The largest absolute Gasteiger partial charge is 0.497 e. The second-order valence-electron chi connectivity index (χ2n) is 7.19. The summed E-state index contributed by atoms with van der Waals surface area (Å²) < 4.78 is 8.37. The number of rotatable bonds is 4. The van der Waals surface area contributed by atoms with Gasteiger partial charge in [-0.1, -0.05) is 0 Å². The SMILES string of the molecule is COc1ccc2c(c1)c(CN1CCc3[nH]c(=S)ncc3C1)cn2C(C)C. The zero-order valence-electron chi connectivity index (χ0n) is 15.5. The number of nitrogens with zero attached hydrogens (tertiary/aromatic N) is 3. The van der Waals surface area contributed by atoms with E-state index in [1.54, 1.807) is 7.11 Å². The lowest BCUT2D eigenvalue weighted by atomic mass is 10.1. The van der Waals surface area contributed by atoms with E-state index >= 15 is 0 Å². The van der Waals surface area contributed by atoms with Crippen LogP contribution in [0, 0.1) is 4.77 Å². The molecule has 0 saturated carbocycles. The highest BCUT2D eigenvalue weighted by Crippen LogP contribution is 2.30. The Morgan fingerprint density at radius 3 is 2.96 bits per heavy atom. The van der Waals surface area contributed by atoms with E-state index in [0.29, 0.717) is 10.8 Å². The topological polar surface area (TPSA) is 46.1 Å². The maximum Gasteiger partial charge on any atom is 0.196 e. The normalized spacial score (nSPS) is 14.8. The van der Waals surface area contributed by atoms with E-state index in [4.69, 9.17) is 17.0 Å². The number of nitrogens with one attached hydrogen (secondary N) is 1. The van der Waals surface area contributed by atoms with Crippen molar-refractivity contribution < 1.29 is 4.74 Å². The van der Waals surface area contributed by atoms with Crippen LogP contribution in [0.1, 0.15) is 36.7 Å². The van der Waals surface area contributed by atoms with Crippen molar-refractivity contribution in [1.82, 2.24) is 19.4 Å². The zero-order chi connectivity index (χ0) is 18.3. The van der Waals surface area contributed by atoms with Gasteiger partial charge in [0.1, 0.15) is 5.75 Å². The van der Waals surface area contributed by atoms with Crippen LogP contribution in [0.2, 0.25) is 0 Å². The third kappa shape index (κ3) is 3.15. The molecule has 0 spiro atoms. The quantitative estimate of drug-likeness (QED) is 0.700. The van der Waals surface area contributed by atoms with Gasteiger partial charge in [-0.05, 0) is 49.8 Å². The first-order valence-corrected chi connectivity index (χ1v) is 9.43. The fourth-order valence-electron chi connectivity index (χ4n) is 3.77. The maximum atomic E-state index is 5.45. The Morgan fingerprint density at radius 1 is 1.35 bits per heavy atom. The summed E-state index contributed by atoms with van der Waals surface area (Å²) in [6.07, 6.45) is 5.19. The van der Waals surface area contributed by atoms with E-state index < -0.39 is 0 Å². The summed E-state index contributed by atoms with van der Waals surface area (Å²) in [7, 11) is 1.72. The predicted octanol–water partition coefficient (Wildman–Crippen LogP) is 4.24. The van der Waals surface area contributed by atoms with Crippen molar-refractivity contribution >= 4 is 23.1 Å². The molecule has 0 fully saturated rings. The molecule has 0 saturated heterocycles. The molecule has 26 heavy (non-hydrogen) atoms. The van der Waals surface area contributed by atoms with Crippen LogP contribution in [0.5, 0.6) is 5.75 Å². The Balaban J connectivity index is 1.66. The zero-order valence-corrected chi connectivity index (χ0v) is 16.3. The number of H-pyrrole nitrogens is 1. The predicted molar refractivity (Wildman–Crippen MR) is 106 cm³/mol. The van der Waals surface area contributed by atoms with Gasteiger partial charge in [0.25, 0.3) is 0 Å². The van der Waals surface area contributed by atoms with Crippen LogP contribution in [0.4, 0.5) is 0 Å². The monoisotopic (exact) mass is 368 g/mol. The Hall–Kier alpha value is -2.18. The van der Waals surface area contributed by atoms with Crippen LogP contribution >= 0.6 is 12.2 Å². The Bertz CT molecular complexity index is 1000. The first-order valence-electron chi connectivity index (χ1n) is 9.02. The standard InChI is InChI=1S/C20H24N4OS/c1-13(2)24-12-15(17-8-16(25-3)4-5-19(17)24)11-23-7-6-18-14(10-23)9-21-20(26)22-18/h4-5,8-9,12-13H,6-7,10-11H2,1-3H3,(H,21,22,26). The molecule has 0 amide bonds. The summed E-state index contributed by atoms with van der Waals surface area (Å²) in [6, 6.07) is 6.77. The molecule has 1 aliphatic heterocycles. The first kappa shape index (κ1) is 17.2. The van der Waals surface area contributed by atoms with E-state index in [1.807, 2.05) is 12.3 Å². The molecular formula is C20H24N4OS. The fourth-order valence-corrected chi connectivity index (χ4v) is 3.94. The molecule has 0 bridgehead atoms. The Morgan fingerprint density at radius 2 is 2.19 bits per heavy atom. The molecule has 3 aromatic rings. The lowest BCUT2D eigenvalue weighted by Crippen LogP contribution is -2.30. The molecule has 1 aliphatic rings. The minimum absolute atomic E-state index is 0.422. The van der Waals surface area contributed by atoms with E-state index in [1.165, 1.54) is 27.7 Å². The summed E-state index contributed by atoms with van der Waals surface area (Å²) in [5.74, 6) is 0.904.